The zero-order valence-corrected chi connectivity index (χ0v) is 11.7. The summed E-state index contributed by atoms with van der Waals surface area (Å²) in [5.74, 6) is 1.62. The zero-order valence-electron chi connectivity index (χ0n) is 11.7. The second-order valence-corrected chi connectivity index (χ2v) is 5.69. The maximum Gasteiger partial charge on any atom is 0.261 e. The average molecular weight is 274 g/mol. The molecule has 1 aromatic carbocycles. The Kier molecular flexibility index (Phi) is 4.21. The predicted octanol–water partition coefficient (Wildman–Crippen LogP) is 1.50. The number of carbonyl (C=O) groups excluding carboxylic acids is 1. The fraction of sp³-hybridized carbons (Fsp3) is 0.562. The number of nitrogens with one attached hydrogen (secondary N) is 2. The standard InChI is InChI=1S/C16H22N2O2/c19-16(18-10-7-12-5-8-17-9-6-12)15-11-13-3-1-2-4-14(13)20-15/h1-4,12,15,17H,5-11H2,(H,18,19). The highest BCUT2D eigenvalue weighted by atomic mass is 16.5. The van der Waals surface area contributed by atoms with Crippen LogP contribution in [0.5, 0.6) is 5.75 Å². The number of hydrogen-bond donors (Lipinski definition) is 2. The number of hydrogen-bond acceptors (Lipinski definition) is 3. The van der Waals surface area contributed by atoms with E-state index in [1.807, 2.05) is 24.3 Å². The van der Waals surface area contributed by atoms with E-state index in [1.165, 1.54) is 12.8 Å². The summed E-state index contributed by atoms with van der Waals surface area (Å²) in [5, 5.41) is 6.38. The maximum atomic E-state index is 12.1. The Bertz CT molecular complexity index is 444. The van der Waals surface area contributed by atoms with Gasteiger partial charge in [-0.05, 0) is 49.9 Å². The SMILES string of the molecule is O=C(NCCC1CCNCC1)C1Cc2ccccc2O1. The minimum absolute atomic E-state index is 0.0233. The molecule has 1 atom stereocenters. The lowest BCUT2D eigenvalue weighted by atomic mass is 9.95. The largest absolute Gasteiger partial charge is 0.480 e. The monoisotopic (exact) mass is 274 g/mol. The molecule has 0 aliphatic carbocycles. The molecule has 1 amide bonds. The van der Waals surface area contributed by atoms with Gasteiger partial charge in [0, 0.05) is 13.0 Å². The number of amides is 1. The van der Waals surface area contributed by atoms with Crippen LogP contribution >= 0.6 is 0 Å². The van der Waals surface area contributed by atoms with Gasteiger partial charge >= 0.3 is 0 Å². The van der Waals surface area contributed by atoms with E-state index < -0.39 is 0 Å². The van der Waals surface area contributed by atoms with Crippen LogP contribution in [0.15, 0.2) is 24.3 Å². The Morgan fingerprint density at radius 3 is 2.90 bits per heavy atom. The van der Waals surface area contributed by atoms with Crippen molar-refractivity contribution in [2.45, 2.75) is 31.8 Å². The molecule has 0 radical (unpaired) electrons. The first kappa shape index (κ1) is 13.4. The smallest absolute Gasteiger partial charge is 0.261 e. The molecule has 0 saturated carbocycles. The van der Waals surface area contributed by atoms with Gasteiger partial charge in [0.2, 0.25) is 0 Å². The predicted molar refractivity (Wildman–Crippen MR) is 77.8 cm³/mol. The third-order valence-corrected chi connectivity index (χ3v) is 4.25. The fourth-order valence-corrected chi connectivity index (χ4v) is 3.01. The van der Waals surface area contributed by atoms with Crippen LogP contribution in [0, 0.1) is 5.92 Å². The minimum Gasteiger partial charge on any atom is -0.480 e. The number of para-hydroxylation sites is 1. The summed E-state index contributed by atoms with van der Waals surface area (Å²) >= 11 is 0. The highest BCUT2D eigenvalue weighted by Gasteiger charge is 2.28. The lowest BCUT2D eigenvalue weighted by Gasteiger charge is -2.22. The van der Waals surface area contributed by atoms with Crippen molar-refractivity contribution in [2.24, 2.45) is 5.92 Å². The lowest BCUT2D eigenvalue weighted by molar-refractivity contribution is -0.127. The van der Waals surface area contributed by atoms with Gasteiger partial charge in [0.25, 0.3) is 5.91 Å². The first-order chi connectivity index (χ1) is 9.83. The molecular weight excluding hydrogens is 252 g/mol. The molecular formula is C16H22N2O2. The molecule has 1 aromatic rings. The van der Waals surface area contributed by atoms with Gasteiger partial charge < -0.3 is 15.4 Å². The van der Waals surface area contributed by atoms with Crippen LogP contribution in [0.2, 0.25) is 0 Å². The van der Waals surface area contributed by atoms with Crippen molar-refractivity contribution >= 4 is 5.91 Å². The Labute approximate surface area is 119 Å². The number of ether oxygens (including phenoxy) is 1. The molecule has 0 aromatic heterocycles. The van der Waals surface area contributed by atoms with Gasteiger partial charge in [0.15, 0.2) is 6.10 Å². The Balaban J connectivity index is 1.42. The van der Waals surface area contributed by atoms with Crippen LogP contribution in [0.25, 0.3) is 0 Å². The Hall–Kier alpha value is -1.55. The average Bonchev–Trinajstić information content (AvgIpc) is 2.92. The van der Waals surface area contributed by atoms with Crippen LogP contribution in [-0.2, 0) is 11.2 Å². The van der Waals surface area contributed by atoms with Gasteiger partial charge in [-0.3, -0.25) is 4.79 Å². The molecule has 4 nitrogen and oxygen atoms in total. The third kappa shape index (κ3) is 3.12. The van der Waals surface area contributed by atoms with Crippen LogP contribution in [0.3, 0.4) is 0 Å². The first-order valence-electron chi connectivity index (χ1n) is 7.56. The van der Waals surface area contributed by atoms with E-state index >= 15 is 0 Å². The lowest BCUT2D eigenvalue weighted by Crippen LogP contribution is -2.39. The number of piperidine rings is 1. The first-order valence-corrected chi connectivity index (χ1v) is 7.56. The van der Waals surface area contributed by atoms with E-state index in [0.29, 0.717) is 6.42 Å². The highest BCUT2D eigenvalue weighted by Crippen LogP contribution is 2.28. The van der Waals surface area contributed by atoms with E-state index in [0.717, 1.165) is 43.3 Å². The van der Waals surface area contributed by atoms with Crippen LogP contribution in [0.1, 0.15) is 24.8 Å². The summed E-state index contributed by atoms with van der Waals surface area (Å²) in [6.45, 7) is 2.99. The zero-order chi connectivity index (χ0) is 13.8. The quantitative estimate of drug-likeness (QED) is 0.875. The van der Waals surface area contributed by atoms with Crippen molar-refractivity contribution in [3.63, 3.8) is 0 Å². The van der Waals surface area contributed by atoms with Crippen molar-refractivity contribution in [3.05, 3.63) is 29.8 Å². The summed E-state index contributed by atoms with van der Waals surface area (Å²) in [5.41, 5.74) is 1.13. The molecule has 4 heteroatoms. The molecule has 1 fully saturated rings. The summed E-state index contributed by atoms with van der Waals surface area (Å²) in [6.07, 6.45) is 3.87. The fourth-order valence-electron chi connectivity index (χ4n) is 3.01. The molecule has 1 saturated heterocycles. The molecule has 2 N–H and O–H groups in total. The van der Waals surface area contributed by atoms with E-state index in [1.54, 1.807) is 0 Å². The van der Waals surface area contributed by atoms with Gasteiger partial charge in [-0.25, -0.2) is 0 Å². The molecule has 2 heterocycles. The number of fused-ring (bicyclic) bond motifs is 1. The molecule has 0 spiro atoms. The summed E-state index contributed by atoms with van der Waals surface area (Å²) in [7, 11) is 0. The van der Waals surface area contributed by atoms with Crippen molar-refractivity contribution in [2.75, 3.05) is 19.6 Å². The van der Waals surface area contributed by atoms with Gasteiger partial charge in [-0.1, -0.05) is 18.2 Å². The number of rotatable bonds is 4. The molecule has 2 aliphatic rings. The summed E-state index contributed by atoms with van der Waals surface area (Å²) in [4.78, 5) is 12.1. The topological polar surface area (TPSA) is 50.4 Å². The van der Waals surface area contributed by atoms with E-state index in [4.69, 9.17) is 4.74 Å². The van der Waals surface area contributed by atoms with Crippen molar-refractivity contribution in [3.8, 4) is 5.75 Å². The van der Waals surface area contributed by atoms with Crippen molar-refractivity contribution < 1.29 is 9.53 Å². The molecule has 1 unspecified atom stereocenters. The van der Waals surface area contributed by atoms with Gasteiger partial charge in [-0.15, -0.1) is 0 Å². The van der Waals surface area contributed by atoms with Crippen LogP contribution in [0.4, 0.5) is 0 Å². The molecule has 108 valence electrons. The number of benzene rings is 1. The summed E-state index contributed by atoms with van der Waals surface area (Å²) < 4.78 is 5.69. The van der Waals surface area contributed by atoms with E-state index in [2.05, 4.69) is 10.6 Å². The summed E-state index contributed by atoms with van der Waals surface area (Å²) in [6, 6.07) is 7.88. The molecule has 0 bridgehead atoms. The molecule has 2 aliphatic heterocycles. The maximum absolute atomic E-state index is 12.1. The molecule has 3 rings (SSSR count). The van der Waals surface area contributed by atoms with Gasteiger partial charge in [0.1, 0.15) is 5.75 Å². The van der Waals surface area contributed by atoms with Crippen LogP contribution in [-0.4, -0.2) is 31.6 Å². The Morgan fingerprint density at radius 1 is 1.30 bits per heavy atom. The van der Waals surface area contributed by atoms with Crippen molar-refractivity contribution in [1.82, 2.24) is 10.6 Å². The minimum atomic E-state index is -0.347. The van der Waals surface area contributed by atoms with E-state index in [9.17, 15) is 4.79 Å². The normalized spacial score (nSPS) is 22.1. The van der Waals surface area contributed by atoms with Crippen molar-refractivity contribution in [1.29, 1.82) is 0 Å². The van der Waals surface area contributed by atoms with Gasteiger partial charge in [0.05, 0.1) is 0 Å². The Morgan fingerprint density at radius 2 is 2.10 bits per heavy atom. The van der Waals surface area contributed by atoms with Gasteiger partial charge in [-0.2, -0.15) is 0 Å². The second-order valence-electron chi connectivity index (χ2n) is 5.69. The number of carbonyl (C=O) groups is 1. The van der Waals surface area contributed by atoms with Crippen LogP contribution < -0.4 is 15.4 Å². The molecule has 20 heavy (non-hydrogen) atoms. The third-order valence-electron chi connectivity index (χ3n) is 4.25. The van der Waals surface area contributed by atoms with E-state index in [-0.39, 0.29) is 12.0 Å². The second kappa shape index (κ2) is 6.27. The highest BCUT2D eigenvalue weighted by molar-refractivity contribution is 5.82.